The molecule has 0 N–H and O–H groups in total. The molecule has 8 aromatic rings. The minimum Gasteiger partial charge on any atom is -0.208 e. The van der Waals surface area contributed by atoms with Crippen molar-refractivity contribution >= 4 is 10.8 Å². The molecule has 0 atom stereocenters. The minimum absolute atomic E-state index is 0.624. The monoisotopic (exact) mass is 610 g/mol. The second-order valence-corrected chi connectivity index (χ2v) is 11.9. The topological polar surface area (TPSA) is 62.5 Å². The molecule has 4 heteroatoms. The molecule has 0 amide bonds. The summed E-state index contributed by atoms with van der Waals surface area (Å²) in [5, 5.41) is 12.1. The van der Waals surface area contributed by atoms with Crippen molar-refractivity contribution in [1.29, 1.82) is 5.26 Å². The second-order valence-electron chi connectivity index (χ2n) is 11.9. The fraction of sp³-hybridized carbons (Fsp3) is 0. The molecule has 1 aliphatic rings. The smallest absolute Gasteiger partial charge is 0.164 e. The first-order valence-corrected chi connectivity index (χ1v) is 15.9. The Balaban J connectivity index is 1.21. The molecule has 0 aliphatic heterocycles. The van der Waals surface area contributed by atoms with Crippen LogP contribution in [0.3, 0.4) is 0 Å². The molecule has 1 aromatic heterocycles. The third-order valence-corrected chi connectivity index (χ3v) is 9.12. The van der Waals surface area contributed by atoms with Crippen molar-refractivity contribution in [2.45, 2.75) is 0 Å². The maximum atomic E-state index is 9.69. The summed E-state index contributed by atoms with van der Waals surface area (Å²) in [5.74, 6) is 1.90. The standard InChI is InChI=1S/C44H26N4/c45-27-28-10-9-15-33(26-28)35-23-25-39-37-17-8-7-16-36(37)38-24-22-34(40(35)41(38)39)29-18-20-32(21-19-29)44-47-42(30-11-3-1-4-12-30)46-43(48-44)31-13-5-2-6-14-31/h1-26H. The largest absolute Gasteiger partial charge is 0.208 e. The summed E-state index contributed by atoms with van der Waals surface area (Å²) in [4.78, 5) is 14.7. The highest BCUT2D eigenvalue weighted by molar-refractivity contribution is 6.22. The molecule has 0 bridgehead atoms. The van der Waals surface area contributed by atoms with Crippen molar-refractivity contribution in [3.8, 4) is 84.7 Å². The quantitative estimate of drug-likeness (QED) is 0.194. The van der Waals surface area contributed by atoms with Gasteiger partial charge in [0, 0.05) is 16.7 Å². The van der Waals surface area contributed by atoms with Crippen LogP contribution in [0.5, 0.6) is 0 Å². The van der Waals surface area contributed by atoms with Crippen molar-refractivity contribution in [2.24, 2.45) is 0 Å². The highest BCUT2D eigenvalue weighted by atomic mass is 15.0. The van der Waals surface area contributed by atoms with E-state index in [9.17, 15) is 5.26 Å². The van der Waals surface area contributed by atoms with Gasteiger partial charge in [0.25, 0.3) is 0 Å². The van der Waals surface area contributed by atoms with Crippen LogP contribution in [0.15, 0.2) is 158 Å². The van der Waals surface area contributed by atoms with Crippen molar-refractivity contribution in [1.82, 2.24) is 15.0 Å². The molecular weight excluding hydrogens is 585 g/mol. The molecule has 0 spiro atoms. The van der Waals surface area contributed by atoms with Gasteiger partial charge in [-0.15, -0.1) is 0 Å². The number of aromatic nitrogens is 3. The van der Waals surface area contributed by atoms with E-state index in [-0.39, 0.29) is 0 Å². The molecule has 0 fully saturated rings. The summed E-state index contributed by atoms with van der Waals surface area (Å²) in [5.41, 5.74) is 12.8. The van der Waals surface area contributed by atoms with Crippen LogP contribution in [-0.4, -0.2) is 15.0 Å². The van der Waals surface area contributed by atoms with Gasteiger partial charge in [-0.3, -0.25) is 0 Å². The van der Waals surface area contributed by atoms with E-state index in [1.54, 1.807) is 0 Å². The lowest BCUT2D eigenvalue weighted by atomic mass is 9.88. The average molecular weight is 611 g/mol. The Morgan fingerprint density at radius 3 is 1.29 bits per heavy atom. The summed E-state index contributed by atoms with van der Waals surface area (Å²) < 4.78 is 0. The molecule has 0 saturated heterocycles. The Morgan fingerprint density at radius 2 is 0.750 bits per heavy atom. The van der Waals surface area contributed by atoms with Crippen LogP contribution in [-0.2, 0) is 0 Å². The van der Waals surface area contributed by atoms with Crippen LogP contribution in [0, 0.1) is 11.3 Å². The number of hydrogen-bond donors (Lipinski definition) is 0. The Kier molecular flexibility index (Phi) is 6.48. The lowest BCUT2D eigenvalue weighted by Gasteiger charge is -2.15. The highest BCUT2D eigenvalue weighted by Gasteiger charge is 2.25. The predicted octanol–water partition coefficient (Wildman–Crippen LogP) is 10.9. The van der Waals surface area contributed by atoms with E-state index in [1.807, 2.05) is 78.9 Å². The maximum Gasteiger partial charge on any atom is 0.164 e. The van der Waals surface area contributed by atoms with Crippen LogP contribution < -0.4 is 0 Å². The zero-order chi connectivity index (χ0) is 32.0. The van der Waals surface area contributed by atoms with Crippen LogP contribution in [0.2, 0.25) is 0 Å². The van der Waals surface area contributed by atoms with E-state index in [1.165, 1.54) is 33.0 Å². The predicted molar refractivity (Wildman–Crippen MR) is 194 cm³/mol. The Hall–Kier alpha value is -6.70. The van der Waals surface area contributed by atoms with Gasteiger partial charge in [0.1, 0.15) is 0 Å². The van der Waals surface area contributed by atoms with Crippen molar-refractivity contribution in [3.05, 3.63) is 163 Å². The van der Waals surface area contributed by atoms with Crippen LogP contribution in [0.25, 0.3) is 89.4 Å². The molecule has 48 heavy (non-hydrogen) atoms. The summed E-state index contributed by atoms with van der Waals surface area (Å²) in [6.07, 6.45) is 0. The van der Waals surface area contributed by atoms with Crippen LogP contribution in [0.4, 0.5) is 0 Å². The van der Waals surface area contributed by atoms with Gasteiger partial charge in [-0.1, -0.05) is 146 Å². The summed E-state index contributed by atoms with van der Waals surface area (Å²) in [6, 6.07) is 56.3. The lowest BCUT2D eigenvalue weighted by Crippen LogP contribution is -2.00. The summed E-state index contributed by atoms with van der Waals surface area (Å²) in [7, 11) is 0. The first kappa shape index (κ1) is 27.6. The number of benzene rings is 7. The number of hydrogen-bond acceptors (Lipinski definition) is 4. The fourth-order valence-corrected chi connectivity index (χ4v) is 6.87. The van der Waals surface area contributed by atoms with Crippen molar-refractivity contribution in [3.63, 3.8) is 0 Å². The van der Waals surface area contributed by atoms with Gasteiger partial charge in [0.2, 0.25) is 0 Å². The van der Waals surface area contributed by atoms with Gasteiger partial charge in [-0.05, 0) is 67.4 Å². The number of fused-ring (bicyclic) bond motifs is 3. The minimum atomic E-state index is 0.624. The molecule has 1 heterocycles. The molecule has 0 radical (unpaired) electrons. The third-order valence-electron chi connectivity index (χ3n) is 9.12. The lowest BCUT2D eigenvalue weighted by molar-refractivity contribution is 1.07. The number of rotatable bonds is 5. The first-order chi connectivity index (χ1) is 23.7. The van der Waals surface area contributed by atoms with Gasteiger partial charge >= 0.3 is 0 Å². The van der Waals surface area contributed by atoms with E-state index in [4.69, 9.17) is 15.0 Å². The van der Waals surface area contributed by atoms with Gasteiger partial charge in [-0.25, -0.2) is 15.0 Å². The van der Waals surface area contributed by atoms with E-state index in [0.717, 1.165) is 38.9 Å². The van der Waals surface area contributed by atoms with Gasteiger partial charge in [0.05, 0.1) is 11.6 Å². The molecule has 1 aliphatic carbocycles. The van der Waals surface area contributed by atoms with E-state index >= 15 is 0 Å². The molecule has 9 rings (SSSR count). The van der Waals surface area contributed by atoms with Gasteiger partial charge in [0.15, 0.2) is 17.5 Å². The zero-order valence-electron chi connectivity index (χ0n) is 25.8. The summed E-state index contributed by atoms with van der Waals surface area (Å²) >= 11 is 0. The number of nitriles is 1. The van der Waals surface area contributed by atoms with Gasteiger partial charge < -0.3 is 0 Å². The normalized spacial score (nSPS) is 11.3. The fourth-order valence-electron chi connectivity index (χ4n) is 6.87. The molecular formula is C44H26N4. The SMILES string of the molecule is N#Cc1cccc(-c2ccc3c4c(ccc(-c5ccc(-c6nc(-c7ccccc7)nc(-c7ccccc7)n6)cc5)c24)-c2ccccc2-3)c1. The Bertz CT molecular complexity index is 2460. The molecule has 0 unspecified atom stereocenters. The van der Waals surface area contributed by atoms with Crippen LogP contribution >= 0.6 is 0 Å². The Morgan fingerprint density at radius 1 is 0.333 bits per heavy atom. The highest BCUT2D eigenvalue weighted by Crippen LogP contribution is 2.51. The molecule has 0 saturated carbocycles. The third kappa shape index (κ3) is 4.57. The molecule has 222 valence electrons. The average Bonchev–Trinajstić information content (AvgIpc) is 3.50. The summed E-state index contributed by atoms with van der Waals surface area (Å²) in [6.45, 7) is 0. The van der Waals surface area contributed by atoms with Crippen molar-refractivity contribution in [2.75, 3.05) is 0 Å². The second kappa shape index (κ2) is 11.3. The Labute approximate surface area is 278 Å². The zero-order valence-corrected chi connectivity index (χ0v) is 25.8. The van der Waals surface area contributed by atoms with E-state index in [2.05, 4.69) is 84.9 Å². The number of nitrogens with zero attached hydrogens (tertiary/aromatic N) is 4. The van der Waals surface area contributed by atoms with E-state index < -0.39 is 0 Å². The first-order valence-electron chi connectivity index (χ1n) is 15.9. The van der Waals surface area contributed by atoms with E-state index in [0.29, 0.717) is 23.0 Å². The van der Waals surface area contributed by atoms with Crippen molar-refractivity contribution < 1.29 is 0 Å². The molecule has 4 nitrogen and oxygen atoms in total. The maximum absolute atomic E-state index is 9.69. The molecule has 7 aromatic carbocycles. The van der Waals surface area contributed by atoms with Gasteiger partial charge in [-0.2, -0.15) is 5.26 Å². The van der Waals surface area contributed by atoms with Crippen LogP contribution in [0.1, 0.15) is 5.56 Å².